The van der Waals surface area contributed by atoms with Crippen LogP contribution in [0.4, 0.5) is 0 Å². The van der Waals surface area contributed by atoms with E-state index in [1.165, 1.54) is 12.3 Å². The minimum atomic E-state index is -0.623. The second-order valence-electron chi connectivity index (χ2n) is 1.45. The molecule has 1 heterocycles. The van der Waals surface area contributed by atoms with Crippen LogP contribution in [0, 0.1) is 4.64 Å². The van der Waals surface area contributed by atoms with E-state index in [0.29, 0.717) is 9.37 Å². The zero-order chi connectivity index (χ0) is 6.85. The Bertz CT molecular complexity index is 313. The molecule has 1 aromatic heterocycles. The molecule has 48 valence electrons. The average molecular weight is 144 g/mol. The average Bonchev–Trinajstić information content (AvgIpc) is 1.80. The van der Waals surface area contributed by atoms with Gasteiger partial charge in [-0.15, -0.1) is 4.73 Å². The fourth-order valence-corrected chi connectivity index (χ4v) is 0.558. The van der Waals surface area contributed by atoms with Gasteiger partial charge in [-0.1, -0.05) is 12.2 Å². The number of hydrogen-bond acceptors (Lipinski definition) is 3. The van der Waals surface area contributed by atoms with Crippen molar-refractivity contribution in [2.75, 3.05) is 0 Å². The second kappa shape index (κ2) is 2.02. The van der Waals surface area contributed by atoms with Gasteiger partial charge >= 0.3 is 5.69 Å². The number of aromatic amines is 1. The van der Waals surface area contributed by atoms with E-state index in [1.54, 1.807) is 0 Å². The summed E-state index contributed by atoms with van der Waals surface area (Å²) in [5.74, 6) is 0. The summed E-state index contributed by atoms with van der Waals surface area (Å²) in [5, 5.41) is 8.57. The number of H-pyrrole nitrogens is 1. The van der Waals surface area contributed by atoms with Crippen LogP contribution in [0.15, 0.2) is 17.1 Å². The van der Waals surface area contributed by atoms with Gasteiger partial charge in [0.15, 0.2) is 0 Å². The Morgan fingerprint density at radius 1 is 1.78 bits per heavy atom. The lowest BCUT2D eigenvalue weighted by atomic mass is 10.7. The Balaban J connectivity index is 3.52. The number of aromatic nitrogens is 2. The fraction of sp³-hybridized carbons (Fsp3) is 0. The molecule has 0 radical (unpaired) electrons. The van der Waals surface area contributed by atoms with E-state index in [0.717, 1.165) is 0 Å². The molecule has 0 saturated heterocycles. The molecule has 0 unspecified atom stereocenters. The Morgan fingerprint density at radius 3 is 2.89 bits per heavy atom. The summed E-state index contributed by atoms with van der Waals surface area (Å²) >= 11 is 4.58. The topological polar surface area (TPSA) is 58.0 Å². The molecule has 0 aliphatic rings. The van der Waals surface area contributed by atoms with Gasteiger partial charge in [-0.05, 0) is 6.07 Å². The molecular weight excluding hydrogens is 140 g/mol. The number of hydrogen-bond donors (Lipinski definition) is 2. The van der Waals surface area contributed by atoms with E-state index in [1.807, 2.05) is 0 Å². The summed E-state index contributed by atoms with van der Waals surface area (Å²) < 4.78 is 0.737. The van der Waals surface area contributed by atoms with E-state index in [9.17, 15) is 4.79 Å². The Morgan fingerprint density at radius 2 is 2.44 bits per heavy atom. The van der Waals surface area contributed by atoms with Gasteiger partial charge in [-0.2, -0.15) is 0 Å². The molecule has 0 aliphatic carbocycles. The molecule has 0 fully saturated rings. The third-order valence-electron chi connectivity index (χ3n) is 0.805. The van der Waals surface area contributed by atoms with Crippen LogP contribution in [0.2, 0.25) is 0 Å². The smallest absolute Gasteiger partial charge is 0.359 e. The zero-order valence-corrected chi connectivity index (χ0v) is 5.18. The first-order valence-corrected chi connectivity index (χ1v) is 2.62. The standard InChI is InChI=1S/C4H4N2O2S/c7-4-5-3(9)1-2-6(4)8/h1-2,8H,(H,5,7,9). The van der Waals surface area contributed by atoms with Gasteiger partial charge < -0.3 is 5.21 Å². The van der Waals surface area contributed by atoms with Crippen LogP contribution in [-0.4, -0.2) is 14.9 Å². The first-order chi connectivity index (χ1) is 4.20. The molecule has 0 aromatic carbocycles. The van der Waals surface area contributed by atoms with Crippen molar-refractivity contribution in [1.29, 1.82) is 0 Å². The normalized spacial score (nSPS) is 9.33. The summed E-state index contributed by atoms with van der Waals surface area (Å²) in [7, 11) is 0. The van der Waals surface area contributed by atoms with Crippen molar-refractivity contribution in [1.82, 2.24) is 9.71 Å². The highest BCUT2D eigenvalue weighted by atomic mass is 32.1. The van der Waals surface area contributed by atoms with Crippen molar-refractivity contribution < 1.29 is 5.21 Å². The predicted octanol–water partition coefficient (Wildman–Crippen LogP) is 0.143. The quantitative estimate of drug-likeness (QED) is 0.402. The van der Waals surface area contributed by atoms with Crippen molar-refractivity contribution in [3.8, 4) is 0 Å². The first-order valence-electron chi connectivity index (χ1n) is 2.21. The van der Waals surface area contributed by atoms with Crippen LogP contribution in [0.3, 0.4) is 0 Å². The van der Waals surface area contributed by atoms with Gasteiger partial charge in [0, 0.05) is 0 Å². The maximum Gasteiger partial charge on any atom is 0.359 e. The van der Waals surface area contributed by atoms with Crippen molar-refractivity contribution in [2.24, 2.45) is 0 Å². The zero-order valence-electron chi connectivity index (χ0n) is 4.37. The lowest BCUT2D eigenvalue weighted by molar-refractivity contribution is 0.170. The highest BCUT2D eigenvalue weighted by molar-refractivity contribution is 7.71. The van der Waals surface area contributed by atoms with Crippen molar-refractivity contribution >= 4 is 12.2 Å². The van der Waals surface area contributed by atoms with Crippen LogP contribution >= 0.6 is 12.2 Å². The summed E-state index contributed by atoms with van der Waals surface area (Å²) in [4.78, 5) is 12.6. The number of nitrogens with zero attached hydrogens (tertiary/aromatic N) is 1. The van der Waals surface area contributed by atoms with Crippen LogP contribution in [0.25, 0.3) is 0 Å². The Labute approximate surface area is 55.3 Å². The lowest BCUT2D eigenvalue weighted by Gasteiger charge is -1.89. The van der Waals surface area contributed by atoms with Gasteiger partial charge in [0.2, 0.25) is 0 Å². The molecule has 0 spiro atoms. The Hall–Kier alpha value is -1.10. The highest BCUT2D eigenvalue weighted by Gasteiger charge is 1.85. The first kappa shape index (κ1) is 6.03. The van der Waals surface area contributed by atoms with Gasteiger partial charge in [0.05, 0.1) is 6.20 Å². The molecule has 1 aromatic rings. The molecule has 9 heavy (non-hydrogen) atoms. The van der Waals surface area contributed by atoms with Crippen molar-refractivity contribution in [3.63, 3.8) is 0 Å². The molecule has 0 bridgehead atoms. The SMILES string of the molecule is O=c1[nH]c(=S)ccn1O. The maximum atomic E-state index is 10.4. The maximum absolute atomic E-state index is 10.4. The second-order valence-corrected chi connectivity index (χ2v) is 1.89. The summed E-state index contributed by atoms with van der Waals surface area (Å²) in [5.41, 5.74) is -0.623. The van der Waals surface area contributed by atoms with E-state index >= 15 is 0 Å². The van der Waals surface area contributed by atoms with Crippen molar-refractivity contribution in [3.05, 3.63) is 27.4 Å². The third kappa shape index (κ3) is 1.17. The number of nitrogens with one attached hydrogen (secondary N) is 1. The van der Waals surface area contributed by atoms with Crippen LogP contribution in [0.1, 0.15) is 0 Å². The van der Waals surface area contributed by atoms with E-state index in [4.69, 9.17) is 5.21 Å². The predicted molar refractivity (Wildman–Crippen MR) is 33.1 cm³/mol. The monoisotopic (exact) mass is 144 g/mol. The summed E-state index contributed by atoms with van der Waals surface area (Å²) in [6, 6.07) is 1.41. The van der Waals surface area contributed by atoms with Crippen LogP contribution in [0.5, 0.6) is 0 Å². The van der Waals surface area contributed by atoms with Gasteiger partial charge in [0.1, 0.15) is 4.64 Å². The van der Waals surface area contributed by atoms with Gasteiger partial charge in [-0.3, -0.25) is 4.98 Å². The molecule has 2 N–H and O–H groups in total. The Kier molecular flexibility index (Phi) is 1.35. The molecule has 0 saturated carbocycles. The van der Waals surface area contributed by atoms with Crippen molar-refractivity contribution in [2.45, 2.75) is 0 Å². The molecular formula is C4H4N2O2S. The summed E-state index contributed by atoms with van der Waals surface area (Å²) in [6.45, 7) is 0. The van der Waals surface area contributed by atoms with Gasteiger partial charge in [0.25, 0.3) is 0 Å². The van der Waals surface area contributed by atoms with E-state index in [2.05, 4.69) is 17.2 Å². The number of rotatable bonds is 0. The fourth-order valence-electron chi connectivity index (χ4n) is 0.410. The third-order valence-corrected chi connectivity index (χ3v) is 1.04. The summed E-state index contributed by atoms with van der Waals surface area (Å²) in [6.07, 6.45) is 1.18. The molecule has 5 heteroatoms. The van der Waals surface area contributed by atoms with Crippen LogP contribution < -0.4 is 5.69 Å². The molecule has 4 nitrogen and oxygen atoms in total. The minimum Gasteiger partial charge on any atom is -0.424 e. The van der Waals surface area contributed by atoms with Crippen LogP contribution in [-0.2, 0) is 0 Å². The lowest BCUT2D eigenvalue weighted by Crippen LogP contribution is -2.19. The molecule has 0 aliphatic heterocycles. The largest absolute Gasteiger partial charge is 0.424 e. The minimum absolute atomic E-state index is 0.310. The van der Waals surface area contributed by atoms with Gasteiger partial charge in [-0.25, -0.2) is 4.79 Å². The molecule has 1 rings (SSSR count). The highest BCUT2D eigenvalue weighted by Crippen LogP contribution is 1.75. The molecule has 0 amide bonds. The molecule has 0 atom stereocenters. The van der Waals surface area contributed by atoms with E-state index < -0.39 is 5.69 Å². The van der Waals surface area contributed by atoms with E-state index in [-0.39, 0.29) is 0 Å².